The fourth-order valence-electron chi connectivity index (χ4n) is 2.38. The minimum atomic E-state index is 0.0606. The Morgan fingerprint density at radius 3 is 2.16 bits per heavy atom. The molecule has 19 heavy (non-hydrogen) atoms. The summed E-state index contributed by atoms with van der Waals surface area (Å²) in [4.78, 5) is 0. The average Bonchev–Trinajstić information content (AvgIpc) is 2.46. The first-order chi connectivity index (χ1) is 9.13. The molecular formula is C18H23N. The van der Waals surface area contributed by atoms with E-state index >= 15 is 0 Å². The number of rotatable bonds is 4. The summed E-state index contributed by atoms with van der Waals surface area (Å²) in [6.45, 7) is 6.53. The van der Waals surface area contributed by atoms with Crippen molar-refractivity contribution < 1.29 is 0 Å². The predicted octanol–water partition coefficient (Wildman–Crippen LogP) is 4.89. The molecule has 1 heteroatoms. The molecule has 0 radical (unpaired) electrons. The molecular weight excluding hydrogens is 230 g/mol. The van der Waals surface area contributed by atoms with Crippen LogP contribution >= 0.6 is 0 Å². The third-order valence-electron chi connectivity index (χ3n) is 3.85. The zero-order valence-electron chi connectivity index (χ0n) is 12.1. The lowest BCUT2D eigenvalue weighted by Crippen LogP contribution is -2.06. The minimum Gasteiger partial charge on any atom is -0.324 e. The second-order valence-electron chi connectivity index (χ2n) is 5.31. The summed E-state index contributed by atoms with van der Waals surface area (Å²) in [5, 5.41) is 0. The second kappa shape index (κ2) is 6.03. The third-order valence-corrected chi connectivity index (χ3v) is 3.85. The normalized spacial score (nSPS) is 14.1. The van der Waals surface area contributed by atoms with Gasteiger partial charge in [-0.1, -0.05) is 62.4 Å². The van der Waals surface area contributed by atoms with Gasteiger partial charge in [-0.15, -0.1) is 0 Å². The monoisotopic (exact) mass is 253 g/mol. The van der Waals surface area contributed by atoms with Crippen molar-refractivity contribution in [2.24, 2.45) is 5.73 Å². The summed E-state index contributed by atoms with van der Waals surface area (Å²) in [7, 11) is 0. The Kier molecular flexibility index (Phi) is 4.39. The molecule has 2 aromatic rings. The molecule has 0 aliphatic carbocycles. The van der Waals surface area contributed by atoms with Gasteiger partial charge in [-0.05, 0) is 41.5 Å². The van der Waals surface area contributed by atoms with Gasteiger partial charge >= 0.3 is 0 Å². The molecule has 100 valence electrons. The first kappa shape index (κ1) is 13.8. The van der Waals surface area contributed by atoms with Gasteiger partial charge in [0.2, 0.25) is 0 Å². The molecule has 0 saturated carbocycles. The van der Waals surface area contributed by atoms with E-state index in [0.29, 0.717) is 5.92 Å². The summed E-state index contributed by atoms with van der Waals surface area (Å²) < 4.78 is 0. The smallest absolute Gasteiger partial charge is 0.0272 e. The number of nitrogens with two attached hydrogens (primary N) is 1. The van der Waals surface area contributed by atoms with Gasteiger partial charge in [-0.2, -0.15) is 0 Å². The van der Waals surface area contributed by atoms with Crippen molar-refractivity contribution in [3.63, 3.8) is 0 Å². The van der Waals surface area contributed by atoms with Crippen LogP contribution in [0.3, 0.4) is 0 Å². The highest BCUT2D eigenvalue weighted by Crippen LogP contribution is 2.29. The van der Waals surface area contributed by atoms with E-state index in [1.54, 1.807) is 0 Å². The number of benzene rings is 2. The van der Waals surface area contributed by atoms with Crippen LogP contribution in [0.15, 0.2) is 48.5 Å². The van der Waals surface area contributed by atoms with Gasteiger partial charge in [0.25, 0.3) is 0 Å². The maximum Gasteiger partial charge on any atom is 0.0272 e. The summed E-state index contributed by atoms with van der Waals surface area (Å²) in [6, 6.07) is 17.3. The highest BCUT2D eigenvalue weighted by Gasteiger charge is 2.09. The van der Waals surface area contributed by atoms with Crippen molar-refractivity contribution in [1.82, 2.24) is 0 Å². The highest BCUT2D eigenvalue weighted by molar-refractivity contribution is 5.68. The molecule has 0 spiro atoms. The van der Waals surface area contributed by atoms with Crippen LogP contribution in [0.1, 0.15) is 50.3 Å². The molecule has 0 saturated heterocycles. The maximum atomic E-state index is 6.05. The molecule has 2 unspecified atom stereocenters. The van der Waals surface area contributed by atoms with Crippen LogP contribution < -0.4 is 5.73 Å². The van der Waals surface area contributed by atoms with Gasteiger partial charge < -0.3 is 5.73 Å². The van der Waals surface area contributed by atoms with Gasteiger partial charge in [0.05, 0.1) is 0 Å². The van der Waals surface area contributed by atoms with Gasteiger partial charge in [0.1, 0.15) is 0 Å². The van der Waals surface area contributed by atoms with Crippen molar-refractivity contribution in [3.8, 4) is 11.1 Å². The van der Waals surface area contributed by atoms with Crippen LogP contribution in [0.25, 0.3) is 11.1 Å². The van der Waals surface area contributed by atoms with Crippen molar-refractivity contribution >= 4 is 0 Å². The molecule has 2 aromatic carbocycles. The van der Waals surface area contributed by atoms with E-state index < -0.39 is 0 Å². The zero-order valence-corrected chi connectivity index (χ0v) is 12.1. The summed E-state index contributed by atoms with van der Waals surface area (Å²) in [5.74, 6) is 0.623. The Bertz CT molecular complexity index is 526. The molecule has 0 amide bonds. The Hall–Kier alpha value is -1.60. The van der Waals surface area contributed by atoms with Crippen molar-refractivity contribution in [3.05, 3.63) is 59.7 Å². The molecule has 1 nitrogen and oxygen atoms in total. The molecule has 0 aromatic heterocycles. The summed E-state index contributed by atoms with van der Waals surface area (Å²) >= 11 is 0. The number of hydrogen-bond acceptors (Lipinski definition) is 1. The summed E-state index contributed by atoms with van der Waals surface area (Å²) in [5.41, 5.74) is 11.2. The van der Waals surface area contributed by atoms with Crippen LogP contribution in [0.2, 0.25) is 0 Å². The second-order valence-corrected chi connectivity index (χ2v) is 5.31. The largest absolute Gasteiger partial charge is 0.324 e. The van der Waals surface area contributed by atoms with E-state index in [9.17, 15) is 0 Å². The van der Waals surface area contributed by atoms with Gasteiger partial charge in [0.15, 0.2) is 0 Å². The van der Waals surface area contributed by atoms with Crippen LogP contribution in [0, 0.1) is 0 Å². The van der Waals surface area contributed by atoms with Crippen LogP contribution in [0.5, 0.6) is 0 Å². The predicted molar refractivity (Wildman–Crippen MR) is 83.2 cm³/mol. The van der Waals surface area contributed by atoms with E-state index in [-0.39, 0.29) is 6.04 Å². The van der Waals surface area contributed by atoms with E-state index in [1.165, 1.54) is 28.7 Å². The molecule has 2 rings (SSSR count). The fraction of sp³-hybridized carbons (Fsp3) is 0.333. The molecule has 0 aliphatic heterocycles. The lowest BCUT2D eigenvalue weighted by Gasteiger charge is -2.14. The van der Waals surface area contributed by atoms with E-state index in [2.05, 4.69) is 62.4 Å². The SMILES string of the molecule is CCC(C)c1ccc(-c2ccccc2C(C)N)cc1. The molecule has 0 fully saturated rings. The van der Waals surface area contributed by atoms with Crippen molar-refractivity contribution in [1.29, 1.82) is 0 Å². The topological polar surface area (TPSA) is 26.0 Å². The Morgan fingerprint density at radius 1 is 0.947 bits per heavy atom. The fourth-order valence-corrected chi connectivity index (χ4v) is 2.38. The standard InChI is InChI=1S/C18H23N/c1-4-13(2)15-9-11-16(12-10-15)18-8-6-5-7-17(18)14(3)19/h5-14H,4,19H2,1-3H3. The lowest BCUT2D eigenvalue weighted by atomic mass is 9.92. The maximum absolute atomic E-state index is 6.05. The zero-order chi connectivity index (χ0) is 13.8. The third kappa shape index (κ3) is 3.05. The Labute approximate surface area is 116 Å². The quantitative estimate of drug-likeness (QED) is 0.825. The van der Waals surface area contributed by atoms with E-state index in [4.69, 9.17) is 5.73 Å². The first-order valence-electron chi connectivity index (χ1n) is 7.08. The van der Waals surface area contributed by atoms with Gasteiger partial charge in [-0.25, -0.2) is 0 Å². The molecule has 0 aliphatic rings. The molecule has 2 atom stereocenters. The van der Waals surface area contributed by atoms with E-state index in [0.717, 1.165) is 0 Å². The Morgan fingerprint density at radius 2 is 1.58 bits per heavy atom. The van der Waals surface area contributed by atoms with Crippen LogP contribution in [-0.4, -0.2) is 0 Å². The molecule has 0 bridgehead atoms. The molecule has 0 heterocycles. The van der Waals surface area contributed by atoms with Gasteiger partial charge in [0, 0.05) is 6.04 Å². The average molecular weight is 253 g/mol. The highest BCUT2D eigenvalue weighted by atomic mass is 14.6. The van der Waals surface area contributed by atoms with Crippen molar-refractivity contribution in [2.45, 2.75) is 39.2 Å². The lowest BCUT2D eigenvalue weighted by molar-refractivity contribution is 0.734. The minimum absolute atomic E-state index is 0.0606. The summed E-state index contributed by atoms with van der Waals surface area (Å²) in [6.07, 6.45) is 1.18. The van der Waals surface area contributed by atoms with Crippen LogP contribution in [0.4, 0.5) is 0 Å². The van der Waals surface area contributed by atoms with Crippen LogP contribution in [-0.2, 0) is 0 Å². The number of hydrogen-bond donors (Lipinski definition) is 1. The van der Waals surface area contributed by atoms with E-state index in [1.807, 2.05) is 6.92 Å². The van der Waals surface area contributed by atoms with Gasteiger partial charge in [-0.3, -0.25) is 0 Å². The first-order valence-corrected chi connectivity index (χ1v) is 7.08. The van der Waals surface area contributed by atoms with Crippen molar-refractivity contribution in [2.75, 3.05) is 0 Å². The molecule has 2 N–H and O–H groups in total. The Balaban J connectivity index is 2.37.